The van der Waals surface area contributed by atoms with E-state index in [4.69, 9.17) is 15.6 Å². The lowest BCUT2D eigenvalue weighted by atomic mass is 9.78. The van der Waals surface area contributed by atoms with Crippen molar-refractivity contribution in [3.05, 3.63) is 0 Å². The van der Waals surface area contributed by atoms with Gasteiger partial charge in [0.2, 0.25) is 5.91 Å². The van der Waals surface area contributed by atoms with E-state index in [1.807, 2.05) is 0 Å². The standard InChI is InChI=1S/C13H26N2O3/c1-18-9-7-15(6-8-16)13(17)12-5-3-2-4-11(12)10-14/h11-12,16H,2-10,14H2,1H3. The Hall–Kier alpha value is -0.650. The SMILES string of the molecule is COCCN(CCO)C(=O)C1CCCCC1CN. The molecular formula is C13H26N2O3. The Morgan fingerprint density at radius 3 is 2.72 bits per heavy atom. The third kappa shape index (κ3) is 4.23. The molecule has 0 radical (unpaired) electrons. The maximum Gasteiger partial charge on any atom is 0.226 e. The fourth-order valence-electron chi connectivity index (χ4n) is 2.70. The van der Waals surface area contributed by atoms with Gasteiger partial charge in [0.1, 0.15) is 0 Å². The van der Waals surface area contributed by atoms with Crippen LogP contribution in [0.5, 0.6) is 0 Å². The van der Waals surface area contributed by atoms with Crippen molar-refractivity contribution in [2.45, 2.75) is 25.7 Å². The number of rotatable bonds is 7. The Labute approximate surface area is 109 Å². The first-order valence-corrected chi connectivity index (χ1v) is 6.83. The number of aliphatic hydroxyl groups is 1. The molecule has 1 fully saturated rings. The second-order valence-corrected chi connectivity index (χ2v) is 4.93. The van der Waals surface area contributed by atoms with Crippen molar-refractivity contribution in [2.24, 2.45) is 17.6 Å². The predicted octanol–water partition coefficient (Wildman–Crippen LogP) is 0.219. The van der Waals surface area contributed by atoms with Crippen LogP contribution < -0.4 is 5.73 Å². The number of carbonyl (C=O) groups excluding carboxylic acids is 1. The van der Waals surface area contributed by atoms with Gasteiger partial charge in [0, 0.05) is 26.1 Å². The van der Waals surface area contributed by atoms with Gasteiger partial charge in [0.05, 0.1) is 13.2 Å². The first-order valence-electron chi connectivity index (χ1n) is 6.83. The zero-order valence-corrected chi connectivity index (χ0v) is 11.3. The minimum Gasteiger partial charge on any atom is -0.395 e. The molecule has 0 aliphatic heterocycles. The zero-order chi connectivity index (χ0) is 13.4. The Kier molecular flexibility index (Phi) is 7.23. The predicted molar refractivity (Wildman–Crippen MR) is 70.0 cm³/mol. The van der Waals surface area contributed by atoms with Crippen LogP contribution in [0.15, 0.2) is 0 Å². The highest BCUT2D eigenvalue weighted by Gasteiger charge is 2.32. The van der Waals surface area contributed by atoms with Crippen LogP contribution in [-0.2, 0) is 9.53 Å². The normalized spacial score (nSPS) is 23.9. The van der Waals surface area contributed by atoms with Gasteiger partial charge in [-0.05, 0) is 25.3 Å². The van der Waals surface area contributed by atoms with Crippen molar-refractivity contribution in [3.8, 4) is 0 Å². The Bertz CT molecular complexity index is 248. The van der Waals surface area contributed by atoms with E-state index in [2.05, 4.69) is 0 Å². The molecule has 0 heterocycles. The van der Waals surface area contributed by atoms with E-state index in [1.165, 1.54) is 6.42 Å². The summed E-state index contributed by atoms with van der Waals surface area (Å²) < 4.78 is 5.01. The number of hydrogen-bond acceptors (Lipinski definition) is 4. The van der Waals surface area contributed by atoms with Gasteiger partial charge in [-0.25, -0.2) is 0 Å². The van der Waals surface area contributed by atoms with Crippen LogP contribution in [0.3, 0.4) is 0 Å². The first kappa shape index (κ1) is 15.4. The molecule has 1 aliphatic carbocycles. The number of ether oxygens (including phenoxy) is 1. The highest BCUT2D eigenvalue weighted by atomic mass is 16.5. The minimum absolute atomic E-state index is 0.00450. The molecule has 0 aromatic rings. The number of hydrogen-bond donors (Lipinski definition) is 2. The number of carbonyl (C=O) groups is 1. The van der Waals surface area contributed by atoms with Gasteiger partial charge in [-0.2, -0.15) is 0 Å². The van der Waals surface area contributed by atoms with Crippen LogP contribution in [0.2, 0.25) is 0 Å². The maximum absolute atomic E-state index is 12.5. The van der Waals surface area contributed by atoms with E-state index in [9.17, 15) is 4.79 Å². The highest BCUT2D eigenvalue weighted by molar-refractivity contribution is 5.79. The summed E-state index contributed by atoms with van der Waals surface area (Å²) in [6.45, 7) is 2.01. The smallest absolute Gasteiger partial charge is 0.226 e. The van der Waals surface area contributed by atoms with Crippen molar-refractivity contribution in [2.75, 3.05) is 40.0 Å². The van der Waals surface area contributed by atoms with Gasteiger partial charge in [-0.15, -0.1) is 0 Å². The Morgan fingerprint density at radius 1 is 1.39 bits per heavy atom. The number of amides is 1. The molecule has 1 amide bonds. The molecule has 0 spiro atoms. The van der Waals surface area contributed by atoms with Crippen LogP contribution in [0.4, 0.5) is 0 Å². The molecule has 0 aromatic heterocycles. The van der Waals surface area contributed by atoms with Crippen LogP contribution in [0.1, 0.15) is 25.7 Å². The highest BCUT2D eigenvalue weighted by Crippen LogP contribution is 2.30. The molecule has 5 heteroatoms. The summed E-state index contributed by atoms with van der Waals surface area (Å²) >= 11 is 0. The van der Waals surface area contributed by atoms with Gasteiger partial charge < -0.3 is 20.5 Å². The number of nitrogens with zero attached hydrogens (tertiary/aromatic N) is 1. The average molecular weight is 258 g/mol. The molecule has 0 bridgehead atoms. The summed E-state index contributed by atoms with van der Waals surface area (Å²) in [6.07, 6.45) is 4.24. The topological polar surface area (TPSA) is 75.8 Å². The lowest BCUT2D eigenvalue weighted by Gasteiger charge is -2.34. The Balaban J connectivity index is 2.61. The largest absolute Gasteiger partial charge is 0.395 e. The second kappa shape index (κ2) is 8.45. The summed E-state index contributed by atoms with van der Waals surface area (Å²) in [5.41, 5.74) is 5.76. The Morgan fingerprint density at radius 2 is 2.11 bits per heavy atom. The lowest BCUT2D eigenvalue weighted by molar-refractivity contribution is -0.139. The van der Waals surface area contributed by atoms with Crippen LogP contribution in [-0.4, -0.2) is 55.9 Å². The zero-order valence-electron chi connectivity index (χ0n) is 11.3. The van der Waals surface area contributed by atoms with E-state index in [0.717, 1.165) is 19.3 Å². The first-order chi connectivity index (χ1) is 8.74. The summed E-state index contributed by atoms with van der Waals surface area (Å²) in [7, 11) is 1.62. The van der Waals surface area contributed by atoms with Crippen molar-refractivity contribution < 1.29 is 14.6 Å². The van der Waals surface area contributed by atoms with Crippen LogP contribution in [0, 0.1) is 11.8 Å². The molecular weight excluding hydrogens is 232 g/mol. The van der Waals surface area contributed by atoms with Gasteiger partial charge in [0.25, 0.3) is 0 Å². The monoisotopic (exact) mass is 258 g/mol. The van der Waals surface area contributed by atoms with E-state index < -0.39 is 0 Å². The van der Waals surface area contributed by atoms with E-state index >= 15 is 0 Å². The van der Waals surface area contributed by atoms with Gasteiger partial charge in [0.15, 0.2) is 0 Å². The third-order valence-electron chi connectivity index (χ3n) is 3.78. The maximum atomic E-state index is 12.5. The van der Waals surface area contributed by atoms with Crippen molar-refractivity contribution in [1.82, 2.24) is 4.90 Å². The second-order valence-electron chi connectivity index (χ2n) is 4.93. The number of aliphatic hydroxyl groups excluding tert-OH is 1. The lowest BCUT2D eigenvalue weighted by Crippen LogP contribution is -2.44. The van der Waals surface area contributed by atoms with Crippen molar-refractivity contribution in [1.29, 1.82) is 0 Å². The van der Waals surface area contributed by atoms with E-state index in [1.54, 1.807) is 12.0 Å². The summed E-state index contributed by atoms with van der Waals surface area (Å²) in [6, 6.07) is 0. The fourth-order valence-corrected chi connectivity index (χ4v) is 2.70. The summed E-state index contributed by atoms with van der Waals surface area (Å²) in [5.74, 6) is 0.471. The van der Waals surface area contributed by atoms with Gasteiger partial charge >= 0.3 is 0 Å². The molecule has 106 valence electrons. The molecule has 1 saturated carbocycles. The number of methoxy groups -OCH3 is 1. The third-order valence-corrected chi connectivity index (χ3v) is 3.78. The average Bonchev–Trinajstić information content (AvgIpc) is 2.42. The van der Waals surface area contributed by atoms with E-state index in [0.29, 0.717) is 32.2 Å². The summed E-state index contributed by atoms with van der Waals surface area (Å²) in [5, 5.41) is 9.05. The van der Waals surface area contributed by atoms with Crippen molar-refractivity contribution in [3.63, 3.8) is 0 Å². The fraction of sp³-hybridized carbons (Fsp3) is 0.923. The molecule has 2 unspecified atom stereocenters. The molecule has 1 aliphatic rings. The molecule has 0 aromatic carbocycles. The molecule has 2 atom stereocenters. The van der Waals surface area contributed by atoms with Crippen molar-refractivity contribution >= 4 is 5.91 Å². The van der Waals surface area contributed by atoms with Gasteiger partial charge in [-0.1, -0.05) is 12.8 Å². The number of nitrogens with two attached hydrogens (primary N) is 1. The summed E-state index contributed by atoms with van der Waals surface area (Å²) in [4.78, 5) is 14.2. The molecule has 3 N–H and O–H groups in total. The van der Waals surface area contributed by atoms with Crippen LogP contribution in [0.25, 0.3) is 0 Å². The molecule has 1 rings (SSSR count). The van der Waals surface area contributed by atoms with Gasteiger partial charge in [-0.3, -0.25) is 4.79 Å². The van der Waals surface area contributed by atoms with Crippen LogP contribution >= 0.6 is 0 Å². The van der Waals surface area contributed by atoms with E-state index in [-0.39, 0.29) is 18.4 Å². The minimum atomic E-state index is -0.00450. The molecule has 0 saturated heterocycles. The molecule has 5 nitrogen and oxygen atoms in total. The molecule has 18 heavy (non-hydrogen) atoms. The quantitative estimate of drug-likeness (QED) is 0.685.